The molecule has 0 amide bonds. The summed E-state index contributed by atoms with van der Waals surface area (Å²) < 4.78 is 41.1. The third kappa shape index (κ3) is 7.27. The fourth-order valence-electron chi connectivity index (χ4n) is 7.71. The molecule has 2 saturated carbocycles. The van der Waals surface area contributed by atoms with Gasteiger partial charge in [0.2, 0.25) is 0 Å². The van der Waals surface area contributed by atoms with Crippen LogP contribution in [0, 0.1) is 11.8 Å². The lowest BCUT2D eigenvalue weighted by Crippen LogP contribution is -2.63. The third-order valence-electron chi connectivity index (χ3n) is 10.4. The van der Waals surface area contributed by atoms with E-state index in [1.807, 2.05) is 0 Å². The molecule has 268 valence electrons. The minimum absolute atomic E-state index is 0.0874. The van der Waals surface area contributed by atoms with Gasteiger partial charge in [0, 0.05) is 33.0 Å². The van der Waals surface area contributed by atoms with Crippen LogP contribution in [-0.2, 0) is 33.2 Å². The van der Waals surface area contributed by atoms with E-state index >= 15 is 0 Å². The van der Waals surface area contributed by atoms with Gasteiger partial charge in [0.1, 0.15) is 54.9 Å². The van der Waals surface area contributed by atoms with Crippen molar-refractivity contribution < 1.29 is 84.2 Å². The van der Waals surface area contributed by atoms with Crippen molar-refractivity contribution in [2.75, 3.05) is 27.4 Å². The molecule has 0 aromatic carbocycles. The maximum Gasteiger partial charge on any atom is 0.187 e. The second kappa shape index (κ2) is 15.5. The molecule has 0 bridgehead atoms. The molecular weight excluding hydrogens is 620 g/mol. The van der Waals surface area contributed by atoms with Crippen molar-refractivity contribution in [3.63, 3.8) is 0 Å². The molecule has 5 aliphatic rings. The van der Waals surface area contributed by atoms with Gasteiger partial charge in [-0.25, -0.2) is 0 Å². The molecule has 46 heavy (non-hydrogen) atoms. The van der Waals surface area contributed by atoms with E-state index < -0.39 is 129 Å². The minimum Gasteiger partial charge on any atom is -0.394 e. The molecule has 3 saturated heterocycles. The van der Waals surface area contributed by atoms with Crippen LogP contribution in [-0.4, -0.2) is 189 Å². The first-order chi connectivity index (χ1) is 21.9. The highest BCUT2D eigenvalue weighted by molar-refractivity contribution is 5.01. The van der Waals surface area contributed by atoms with E-state index in [1.54, 1.807) is 0 Å². The van der Waals surface area contributed by atoms with Crippen molar-refractivity contribution in [2.24, 2.45) is 11.8 Å². The van der Waals surface area contributed by atoms with E-state index in [0.717, 1.165) is 0 Å². The SMILES string of the molecule is COC1CC(C2OC3CC(OC4OC(CO)C(O)C(O)C4O)CC(O)C3CC2OC2OC(CO)C(O)C(O)C2O)CC(OC)C1O. The zero-order valence-corrected chi connectivity index (χ0v) is 25.8. The molecule has 17 nitrogen and oxygen atoms in total. The summed E-state index contributed by atoms with van der Waals surface area (Å²) in [5.41, 5.74) is 0. The van der Waals surface area contributed by atoms with Crippen LogP contribution in [0.3, 0.4) is 0 Å². The Kier molecular flexibility index (Phi) is 12.3. The van der Waals surface area contributed by atoms with Crippen LogP contribution in [0.4, 0.5) is 0 Å². The molecule has 17 heteroatoms. The number of hydrogen-bond donors (Lipinski definition) is 10. The molecule has 3 heterocycles. The van der Waals surface area contributed by atoms with Gasteiger partial charge in [-0.2, -0.15) is 0 Å². The van der Waals surface area contributed by atoms with E-state index in [4.69, 9.17) is 33.2 Å². The van der Waals surface area contributed by atoms with Crippen molar-refractivity contribution in [3.8, 4) is 0 Å². The summed E-state index contributed by atoms with van der Waals surface area (Å²) in [5.74, 6) is -0.815. The molecule has 10 N–H and O–H groups in total. The molecule has 18 unspecified atom stereocenters. The van der Waals surface area contributed by atoms with Crippen molar-refractivity contribution in [1.29, 1.82) is 0 Å². The Morgan fingerprint density at radius 3 is 1.57 bits per heavy atom. The molecule has 0 spiro atoms. The molecule has 3 aliphatic heterocycles. The fraction of sp³-hybridized carbons (Fsp3) is 1.00. The van der Waals surface area contributed by atoms with Gasteiger partial charge in [-0.15, -0.1) is 0 Å². The molecular formula is C29H50O17. The molecule has 0 aromatic rings. The van der Waals surface area contributed by atoms with Crippen LogP contribution < -0.4 is 0 Å². The summed E-state index contributed by atoms with van der Waals surface area (Å²) in [7, 11) is 2.95. The first-order valence-corrected chi connectivity index (χ1v) is 15.9. The van der Waals surface area contributed by atoms with E-state index in [-0.39, 0.29) is 25.2 Å². The quantitative estimate of drug-likeness (QED) is 0.110. The topological polar surface area (TPSA) is 267 Å². The van der Waals surface area contributed by atoms with Gasteiger partial charge in [0.25, 0.3) is 0 Å². The summed E-state index contributed by atoms with van der Waals surface area (Å²) in [4.78, 5) is 0. The van der Waals surface area contributed by atoms with E-state index in [9.17, 15) is 51.1 Å². The molecule has 18 atom stereocenters. The van der Waals surface area contributed by atoms with Crippen LogP contribution in [0.25, 0.3) is 0 Å². The highest BCUT2D eigenvalue weighted by Gasteiger charge is 2.54. The molecule has 0 radical (unpaired) electrons. The first-order valence-electron chi connectivity index (χ1n) is 15.9. The molecule has 5 fully saturated rings. The standard InChI is InChI=1S/C29H50O17/c1-40-15-3-10(4-16(41-2)20(15)33)27-17(44-29-26(39)24(37)22(35)19(9-31)46-29)7-12-13(32)5-11(6-14(12)43-27)42-28-25(38)23(36)21(34)18(8-30)45-28/h10-39H,3-9H2,1-2H3. The predicted molar refractivity (Wildman–Crippen MR) is 150 cm³/mol. The van der Waals surface area contributed by atoms with Gasteiger partial charge in [-0.05, 0) is 25.2 Å². The Morgan fingerprint density at radius 1 is 0.543 bits per heavy atom. The zero-order chi connectivity index (χ0) is 33.4. The van der Waals surface area contributed by atoms with E-state index in [1.165, 1.54) is 14.2 Å². The predicted octanol–water partition coefficient (Wildman–Crippen LogP) is -4.91. The number of ether oxygens (including phenoxy) is 7. The van der Waals surface area contributed by atoms with E-state index in [0.29, 0.717) is 12.8 Å². The Bertz CT molecular complexity index is 945. The Labute approximate surface area is 266 Å². The number of rotatable bonds is 9. The van der Waals surface area contributed by atoms with Crippen molar-refractivity contribution in [3.05, 3.63) is 0 Å². The summed E-state index contributed by atoms with van der Waals surface area (Å²) in [6.45, 7) is -1.26. The highest BCUT2D eigenvalue weighted by Crippen LogP contribution is 2.45. The average molecular weight is 671 g/mol. The maximum absolute atomic E-state index is 11.3. The summed E-state index contributed by atoms with van der Waals surface area (Å²) in [6, 6.07) is 0. The maximum atomic E-state index is 11.3. The van der Waals surface area contributed by atoms with Gasteiger partial charge in [0.15, 0.2) is 12.6 Å². The molecule has 5 rings (SSSR count). The zero-order valence-electron chi connectivity index (χ0n) is 25.8. The van der Waals surface area contributed by atoms with Gasteiger partial charge in [-0.1, -0.05) is 0 Å². The summed E-state index contributed by atoms with van der Waals surface area (Å²) in [6.07, 6.45) is -19.6. The molecule has 0 aromatic heterocycles. The lowest BCUT2D eigenvalue weighted by Gasteiger charge is -2.52. The normalized spacial score (nSPS) is 53.5. The van der Waals surface area contributed by atoms with Gasteiger partial charge >= 0.3 is 0 Å². The third-order valence-corrected chi connectivity index (χ3v) is 10.4. The second-order valence-electron chi connectivity index (χ2n) is 13.2. The Morgan fingerprint density at radius 2 is 1.07 bits per heavy atom. The highest BCUT2D eigenvalue weighted by atomic mass is 16.7. The molecule has 2 aliphatic carbocycles. The van der Waals surface area contributed by atoms with Gasteiger partial charge < -0.3 is 84.2 Å². The van der Waals surface area contributed by atoms with Crippen LogP contribution in [0.1, 0.15) is 32.1 Å². The minimum atomic E-state index is -1.66. The van der Waals surface area contributed by atoms with Crippen LogP contribution in [0.2, 0.25) is 0 Å². The van der Waals surface area contributed by atoms with Crippen molar-refractivity contribution in [1.82, 2.24) is 0 Å². The van der Waals surface area contributed by atoms with Crippen molar-refractivity contribution in [2.45, 2.75) is 142 Å². The number of aliphatic hydroxyl groups is 10. The Balaban J connectivity index is 1.36. The van der Waals surface area contributed by atoms with Crippen LogP contribution in [0.15, 0.2) is 0 Å². The van der Waals surface area contributed by atoms with E-state index in [2.05, 4.69) is 0 Å². The van der Waals surface area contributed by atoms with Crippen LogP contribution in [0.5, 0.6) is 0 Å². The Hall–Kier alpha value is -0.680. The average Bonchev–Trinajstić information content (AvgIpc) is 3.05. The number of methoxy groups -OCH3 is 2. The lowest BCUT2D eigenvalue weighted by atomic mass is 9.72. The van der Waals surface area contributed by atoms with Crippen LogP contribution >= 0.6 is 0 Å². The fourth-order valence-corrected chi connectivity index (χ4v) is 7.71. The number of hydrogen-bond acceptors (Lipinski definition) is 17. The largest absolute Gasteiger partial charge is 0.394 e. The van der Waals surface area contributed by atoms with Gasteiger partial charge in [-0.3, -0.25) is 0 Å². The lowest BCUT2D eigenvalue weighted by molar-refractivity contribution is -0.339. The smallest absolute Gasteiger partial charge is 0.187 e. The second-order valence-corrected chi connectivity index (χ2v) is 13.2. The van der Waals surface area contributed by atoms with Crippen molar-refractivity contribution >= 4 is 0 Å². The number of aliphatic hydroxyl groups excluding tert-OH is 10. The van der Waals surface area contributed by atoms with Gasteiger partial charge in [0.05, 0.1) is 55.9 Å². The summed E-state index contributed by atoms with van der Waals surface area (Å²) >= 11 is 0. The summed E-state index contributed by atoms with van der Waals surface area (Å²) in [5, 5.41) is 103. The first kappa shape index (κ1) is 36.6. The number of fused-ring (bicyclic) bond motifs is 1. The monoisotopic (exact) mass is 670 g/mol.